The lowest BCUT2D eigenvalue weighted by atomic mass is 10.1. The highest BCUT2D eigenvalue weighted by molar-refractivity contribution is 9.10. The molecule has 104 valence electrons. The van der Waals surface area contributed by atoms with Gasteiger partial charge in [-0.15, -0.1) is 0 Å². The van der Waals surface area contributed by atoms with Crippen LogP contribution < -0.4 is 5.73 Å². The van der Waals surface area contributed by atoms with Gasteiger partial charge >= 0.3 is 5.97 Å². The Labute approximate surface area is 121 Å². The van der Waals surface area contributed by atoms with Crippen molar-refractivity contribution in [1.82, 2.24) is 4.98 Å². The maximum Gasteiger partial charge on any atom is 0.340 e. The number of carbonyl (C=O) groups is 1. The number of pyridine rings is 1. The zero-order valence-electron chi connectivity index (χ0n) is 10.1. The first-order valence-electron chi connectivity index (χ1n) is 5.49. The van der Waals surface area contributed by atoms with Crippen molar-refractivity contribution >= 4 is 27.6 Å². The lowest BCUT2D eigenvalue weighted by Crippen LogP contribution is -2.10. The molecule has 0 amide bonds. The lowest BCUT2D eigenvalue weighted by molar-refractivity contribution is 0.0468. The standard InChI is InChI=1S/C13H9BrF2N2O2/c14-7-1-2-8(18-5-7)6-20-13(19)9-3-10(15)11(16)4-12(9)17/h1-5H,6,17H2. The van der Waals surface area contributed by atoms with E-state index in [4.69, 9.17) is 10.5 Å². The fraction of sp³-hybridized carbons (Fsp3) is 0.0769. The van der Waals surface area contributed by atoms with Crippen LogP contribution in [0.25, 0.3) is 0 Å². The van der Waals surface area contributed by atoms with E-state index >= 15 is 0 Å². The quantitative estimate of drug-likeness (QED) is 0.687. The lowest BCUT2D eigenvalue weighted by Gasteiger charge is -2.07. The van der Waals surface area contributed by atoms with Crippen LogP contribution in [0.2, 0.25) is 0 Å². The highest BCUT2D eigenvalue weighted by Crippen LogP contribution is 2.18. The first kappa shape index (κ1) is 14.4. The van der Waals surface area contributed by atoms with E-state index in [-0.39, 0.29) is 17.9 Å². The number of benzene rings is 1. The molecule has 1 aromatic carbocycles. The monoisotopic (exact) mass is 342 g/mol. The molecule has 0 bridgehead atoms. The average Bonchev–Trinajstić information content (AvgIpc) is 2.42. The first-order valence-corrected chi connectivity index (χ1v) is 6.28. The van der Waals surface area contributed by atoms with Crippen molar-refractivity contribution in [2.75, 3.05) is 5.73 Å². The van der Waals surface area contributed by atoms with Crippen LogP contribution in [0.15, 0.2) is 34.9 Å². The Morgan fingerprint density at radius 3 is 2.65 bits per heavy atom. The number of rotatable bonds is 3. The molecule has 0 radical (unpaired) electrons. The second-order valence-electron chi connectivity index (χ2n) is 3.90. The van der Waals surface area contributed by atoms with Crippen molar-refractivity contribution in [3.05, 3.63) is 57.8 Å². The SMILES string of the molecule is Nc1cc(F)c(F)cc1C(=O)OCc1ccc(Br)cn1. The second-order valence-corrected chi connectivity index (χ2v) is 4.81. The van der Waals surface area contributed by atoms with Gasteiger partial charge in [0.15, 0.2) is 11.6 Å². The molecular weight excluding hydrogens is 334 g/mol. The van der Waals surface area contributed by atoms with Gasteiger partial charge in [-0.2, -0.15) is 0 Å². The van der Waals surface area contributed by atoms with Crippen molar-refractivity contribution in [3.8, 4) is 0 Å². The largest absolute Gasteiger partial charge is 0.456 e. The van der Waals surface area contributed by atoms with E-state index in [1.807, 2.05) is 0 Å². The molecule has 7 heteroatoms. The fourth-order valence-electron chi connectivity index (χ4n) is 1.45. The van der Waals surface area contributed by atoms with Gasteiger partial charge in [-0.3, -0.25) is 4.98 Å². The zero-order chi connectivity index (χ0) is 14.7. The van der Waals surface area contributed by atoms with Gasteiger partial charge in [0.1, 0.15) is 6.61 Å². The number of carbonyl (C=O) groups excluding carboxylic acids is 1. The average molecular weight is 343 g/mol. The molecule has 2 rings (SSSR count). The maximum absolute atomic E-state index is 13.1. The summed E-state index contributed by atoms with van der Waals surface area (Å²) in [6.45, 7) is -0.0927. The molecule has 0 aliphatic heterocycles. The number of hydrogen-bond donors (Lipinski definition) is 1. The summed E-state index contributed by atoms with van der Waals surface area (Å²) in [5, 5.41) is 0. The van der Waals surface area contributed by atoms with Gasteiger partial charge in [-0.25, -0.2) is 13.6 Å². The molecule has 2 N–H and O–H groups in total. The van der Waals surface area contributed by atoms with Crippen molar-refractivity contribution in [2.45, 2.75) is 6.61 Å². The van der Waals surface area contributed by atoms with Crippen molar-refractivity contribution in [2.24, 2.45) is 0 Å². The Bertz CT molecular complexity index is 648. The van der Waals surface area contributed by atoms with E-state index in [9.17, 15) is 13.6 Å². The van der Waals surface area contributed by atoms with Crippen LogP contribution in [-0.4, -0.2) is 11.0 Å². The Balaban J connectivity index is 2.09. The summed E-state index contributed by atoms with van der Waals surface area (Å²) < 4.78 is 31.7. The van der Waals surface area contributed by atoms with E-state index < -0.39 is 17.6 Å². The van der Waals surface area contributed by atoms with E-state index in [0.717, 1.165) is 10.5 Å². The number of ether oxygens (including phenoxy) is 1. The number of halogens is 3. The smallest absolute Gasteiger partial charge is 0.340 e. The minimum absolute atomic E-state index is 0.0927. The predicted octanol–water partition coefficient (Wildman–Crippen LogP) is 3.06. The highest BCUT2D eigenvalue weighted by atomic mass is 79.9. The first-order chi connectivity index (χ1) is 9.47. The van der Waals surface area contributed by atoms with Gasteiger partial charge < -0.3 is 10.5 Å². The topological polar surface area (TPSA) is 65.2 Å². The number of esters is 1. The summed E-state index contributed by atoms with van der Waals surface area (Å²) in [5.74, 6) is -3.12. The molecule has 0 saturated heterocycles. The fourth-order valence-corrected chi connectivity index (χ4v) is 1.68. The minimum atomic E-state index is -1.16. The van der Waals surface area contributed by atoms with Crippen LogP contribution in [0.4, 0.5) is 14.5 Å². The molecule has 0 aliphatic rings. The Morgan fingerprint density at radius 2 is 2.00 bits per heavy atom. The third kappa shape index (κ3) is 3.30. The van der Waals surface area contributed by atoms with Crippen LogP contribution >= 0.6 is 15.9 Å². The molecule has 20 heavy (non-hydrogen) atoms. The van der Waals surface area contributed by atoms with Gasteiger partial charge in [-0.05, 0) is 34.1 Å². The third-order valence-corrected chi connectivity index (χ3v) is 2.92. The Kier molecular flexibility index (Phi) is 4.29. The van der Waals surface area contributed by atoms with Gasteiger partial charge in [-0.1, -0.05) is 0 Å². The van der Waals surface area contributed by atoms with E-state index in [0.29, 0.717) is 11.8 Å². The van der Waals surface area contributed by atoms with Crippen LogP contribution in [0, 0.1) is 11.6 Å². The molecule has 0 aliphatic carbocycles. The molecular formula is C13H9BrF2N2O2. The summed E-state index contributed by atoms with van der Waals surface area (Å²) in [4.78, 5) is 15.7. The van der Waals surface area contributed by atoms with E-state index in [1.165, 1.54) is 0 Å². The summed E-state index contributed by atoms with van der Waals surface area (Å²) in [6, 6.07) is 4.85. The molecule has 1 aromatic heterocycles. The number of nitrogens with two attached hydrogens (primary N) is 1. The summed E-state index contributed by atoms with van der Waals surface area (Å²) in [6.07, 6.45) is 1.55. The van der Waals surface area contributed by atoms with Crippen molar-refractivity contribution < 1.29 is 18.3 Å². The molecule has 0 fully saturated rings. The van der Waals surface area contributed by atoms with Gasteiger partial charge in [0.2, 0.25) is 0 Å². The molecule has 4 nitrogen and oxygen atoms in total. The van der Waals surface area contributed by atoms with Crippen molar-refractivity contribution in [3.63, 3.8) is 0 Å². The molecule has 2 aromatic rings. The molecule has 0 saturated carbocycles. The summed E-state index contributed by atoms with van der Waals surface area (Å²) in [7, 11) is 0. The van der Waals surface area contributed by atoms with Crippen LogP contribution in [0.1, 0.15) is 16.1 Å². The third-order valence-electron chi connectivity index (χ3n) is 2.45. The Morgan fingerprint density at radius 1 is 1.30 bits per heavy atom. The summed E-state index contributed by atoms with van der Waals surface area (Å²) >= 11 is 3.22. The molecule has 1 heterocycles. The number of nitrogen functional groups attached to an aromatic ring is 1. The number of hydrogen-bond acceptors (Lipinski definition) is 4. The molecule has 0 unspecified atom stereocenters. The van der Waals surface area contributed by atoms with E-state index in [2.05, 4.69) is 20.9 Å². The summed E-state index contributed by atoms with van der Waals surface area (Å²) in [5.41, 5.74) is 5.56. The highest BCUT2D eigenvalue weighted by Gasteiger charge is 2.15. The predicted molar refractivity (Wildman–Crippen MR) is 71.8 cm³/mol. The zero-order valence-corrected chi connectivity index (χ0v) is 11.7. The van der Waals surface area contributed by atoms with Crippen molar-refractivity contribution in [1.29, 1.82) is 0 Å². The van der Waals surface area contributed by atoms with Crippen LogP contribution in [0.3, 0.4) is 0 Å². The van der Waals surface area contributed by atoms with E-state index in [1.54, 1.807) is 18.3 Å². The van der Waals surface area contributed by atoms with Gasteiger partial charge in [0, 0.05) is 22.4 Å². The minimum Gasteiger partial charge on any atom is -0.456 e. The number of nitrogens with zero attached hydrogens (tertiary/aromatic N) is 1. The maximum atomic E-state index is 13.1. The van der Waals surface area contributed by atoms with Gasteiger partial charge in [0.05, 0.1) is 11.3 Å². The number of anilines is 1. The van der Waals surface area contributed by atoms with Crippen LogP contribution in [-0.2, 0) is 11.3 Å². The number of aromatic nitrogens is 1. The molecule has 0 atom stereocenters. The van der Waals surface area contributed by atoms with Crippen LogP contribution in [0.5, 0.6) is 0 Å². The Hall–Kier alpha value is -2.02. The van der Waals surface area contributed by atoms with Gasteiger partial charge in [0.25, 0.3) is 0 Å². The normalized spacial score (nSPS) is 10.3. The molecule has 0 spiro atoms. The second kappa shape index (κ2) is 5.96.